The normalized spacial score (nSPS) is 10.7. The zero-order valence-corrected chi connectivity index (χ0v) is 15.1. The Balaban J connectivity index is 1.51. The van der Waals surface area contributed by atoms with Crippen LogP contribution >= 0.6 is 11.8 Å². The predicted octanol–water partition coefficient (Wildman–Crippen LogP) is 4.31. The minimum Gasteiger partial charge on any atom is -0.338 e. The van der Waals surface area contributed by atoms with Crippen LogP contribution in [0.15, 0.2) is 53.1 Å². The van der Waals surface area contributed by atoms with Crippen LogP contribution in [0.1, 0.15) is 18.4 Å². The average molecular weight is 371 g/mol. The number of nitrogens with one attached hydrogen (secondary N) is 1. The predicted molar refractivity (Wildman–Crippen MR) is 100 cm³/mol. The summed E-state index contributed by atoms with van der Waals surface area (Å²) < 4.78 is 18.4. The summed E-state index contributed by atoms with van der Waals surface area (Å²) in [6.45, 7) is 2.05. The third-order valence-electron chi connectivity index (χ3n) is 3.68. The number of hydrogen-bond donors (Lipinski definition) is 1. The van der Waals surface area contributed by atoms with Crippen molar-refractivity contribution in [2.24, 2.45) is 0 Å². The Labute approximate surface area is 155 Å². The van der Waals surface area contributed by atoms with E-state index in [0.29, 0.717) is 23.0 Å². The first-order valence-corrected chi connectivity index (χ1v) is 9.35. The van der Waals surface area contributed by atoms with Gasteiger partial charge in [0.2, 0.25) is 17.6 Å². The molecule has 0 aliphatic rings. The van der Waals surface area contributed by atoms with E-state index in [4.69, 9.17) is 4.52 Å². The Kier molecular flexibility index (Phi) is 6.01. The molecule has 0 atom stereocenters. The van der Waals surface area contributed by atoms with Crippen LogP contribution < -0.4 is 5.32 Å². The van der Waals surface area contributed by atoms with E-state index < -0.39 is 0 Å². The molecule has 0 fully saturated rings. The zero-order valence-electron chi connectivity index (χ0n) is 14.2. The first-order chi connectivity index (χ1) is 12.7. The van der Waals surface area contributed by atoms with Crippen molar-refractivity contribution in [3.63, 3.8) is 0 Å². The number of anilines is 1. The van der Waals surface area contributed by atoms with Gasteiger partial charge >= 0.3 is 0 Å². The van der Waals surface area contributed by atoms with Gasteiger partial charge in [0.25, 0.3) is 0 Å². The lowest BCUT2D eigenvalue weighted by Crippen LogP contribution is -2.15. The largest absolute Gasteiger partial charge is 0.338 e. The maximum atomic E-state index is 13.2. The van der Waals surface area contributed by atoms with Gasteiger partial charge in [0.1, 0.15) is 5.82 Å². The number of benzene rings is 2. The number of carbonyl (C=O) groups excluding carboxylic acids is 1. The van der Waals surface area contributed by atoms with E-state index in [1.54, 1.807) is 12.1 Å². The van der Waals surface area contributed by atoms with Crippen LogP contribution in [-0.4, -0.2) is 21.8 Å². The van der Waals surface area contributed by atoms with Crippen LogP contribution in [0.2, 0.25) is 0 Å². The van der Waals surface area contributed by atoms with E-state index in [1.165, 1.54) is 23.9 Å². The Bertz CT molecular complexity index is 898. The number of halogens is 1. The number of carbonyl (C=O) groups is 1. The number of aryl methyl sites for hydroxylation is 1. The van der Waals surface area contributed by atoms with Gasteiger partial charge in [-0.1, -0.05) is 42.4 Å². The molecule has 1 heterocycles. The fraction of sp³-hybridized carbons (Fsp3) is 0.211. The maximum absolute atomic E-state index is 13.2. The monoisotopic (exact) mass is 371 g/mol. The summed E-state index contributed by atoms with van der Waals surface area (Å²) in [4.78, 5) is 16.3. The quantitative estimate of drug-likeness (QED) is 0.670. The first kappa shape index (κ1) is 18.1. The Morgan fingerprint density at radius 2 is 2.08 bits per heavy atom. The highest BCUT2D eigenvalue weighted by Gasteiger charge is 2.11. The summed E-state index contributed by atoms with van der Waals surface area (Å²) in [5.41, 5.74) is 2.49. The standard InChI is InChI=1S/C19H18FN3O2S/c1-2-13-6-3-4-9-16(13)21-17(24)11-26-12-18-22-19(23-25-18)14-7-5-8-15(20)10-14/h3-10H,2,11-12H2,1H3,(H,21,24). The van der Waals surface area contributed by atoms with Crippen molar-refractivity contribution in [1.29, 1.82) is 0 Å². The van der Waals surface area contributed by atoms with Crippen molar-refractivity contribution in [2.75, 3.05) is 11.1 Å². The topological polar surface area (TPSA) is 68.0 Å². The van der Waals surface area contributed by atoms with E-state index in [0.717, 1.165) is 17.7 Å². The van der Waals surface area contributed by atoms with Gasteiger partial charge in [-0.2, -0.15) is 4.98 Å². The molecule has 26 heavy (non-hydrogen) atoms. The minimum atomic E-state index is -0.354. The molecule has 134 valence electrons. The van der Waals surface area contributed by atoms with Crippen molar-refractivity contribution < 1.29 is 13.7 Å². The molecule has 0 spiro atoms. The zero-order chi connectivity index (χ0) is 18.4. The molecular formula is C19H18FN3O2S. The lowest BCUT2D eigenvalue weighted by Gasteiger charge is -2.09. The van der Waals surface area contributed by atoms with Gasteiger partial charge in [0.15, 0.2) is 0 Å². The Morgan fingerprint density at radius 1 is 1.23 bits per heavy atom. The van der Waals surface area contributed by atoms with Crippen LogP contribution in [0.3, 0.4) is 0 Å². The van der Waals surface area contributed by atoms with E-state index >= 15 is 0 Å². The van der Waals surface area contributed by atoms with Crippen molar-refractivity contribution in [3.05, 3.63) is 65.8 Å². The van der Waals surface area contributed by atoms with Gasteiger partial charge in [-0.15, -0.1) is 11.8 Å². The Morgan fingerprint density at radius 3 is 2.88 bits per heavy atom. The Hall–Kier alpha value is -2.67. The van der Waals surface area contributed by atoms with Crippen LogP contribution in [-0.2, 0) is 17.0 Å². The van der Waals surface area contributed by atoms with Gasteiger partial charge in [-0.25, -0.2) is 4.39 Å². The summed E-state index contributed by atoms with van der Waals surface area (Å²) in [7, 11) is 0. The van der Waals surface area contributed by atoms with Gasteiger partial charge in [0, 0.05) is 11.3 Å². The third kappa shape index (κ3) is 4.70. The van der Waals surface area contributed by atoms with Crippen LogP contribution in [0.4, 0.5) is 10.1 Å². The van der Waals surface area contributed by atoms with E-state index in [9.17, 15) is 9.18 Å². The minimum absolute atomic E-state index is 0.0826. The highest BCUT2D eigenvalue weighted by atomic mass is 32.2. The second kappa shape index (κ2) is 8.62. The summed E-state index contributed by atoms with van der Waals surface area (Å²) in [5.74, 6) is 0.978. The molecule has 0 saturated carbocycles. The van der Waals surface area contributed by atoms with E-state index in [2.05, 4.69) is 15.5 Å². The summed E-state index contributed by atoms with van der Waals surface area (Å²) >= 11 is 1.38. The van der Waals surface area contributed by atoms with Gasteiger partial charge in [0.05, 0.1) is 11.5 Å². The lowest BCUT2D eigenvalue weighted by molar-refractivity contribution is -0.113. The second-order valence-electron chi connectivity index (χ2n) is 5.57. The number of aromatic nitrogens is 2. The first-order valence-electron chi connectivity index (χ1n) is 8.19. The molecule has 1 N–H and O–H groups in total. The van der Waals surface area contributed by atoms with Crippen molar-refractivity contribution in [3.8, 4) is 11.4 Å². The van der Waals surface area contributed by atoms with Crippen LogP contribution in [0, 0.1) is 5.82 Å². The van der Waals surface area contributed by atoms with Gasteiger partial charge in [-0.3, -0.25) is 4.79 Å². The highest BCUT2D eigenvalue weighted by molar-refractivity contribution is 7.99. The molecule has 7 heteroatoms. The molecule has 2 aromatic carbocycles. The molecule has 3 aromatic rings. The molecule has 0 aliphatic heterocycles. The molecule has 0 saturated heterocycles. The van der Waals surface area contributed by atoms with Crippen LogP contribution in [0.5, 0.6) is 0 Å². The molecule has 0 radical (unpaired) electrons. The van der Waals surface area contributed by atoms with Gasteiger partial charge < -0.3 is 9.84 Å². The molecule has 0 aliphatic carbocycles. The molecule has 1 aromatic heterocycles. The number of amides is 1. The van der Waals surface area contributed by atoms with Crippen molar-refractivity contribution in [2.45, 2.75) is 19.1 Å². The maximum Gasteiger partial charge on any atom is 0.236 e. The molecule has 3 rings (SSSR count). The summed E-state index contributed by atoms with van der Waals surface area (Å²) in [5, 5.41) is 6.77. The third-order valence-corrected chi connectivity index (χ3v) is 4.60. The van der Waals surface area contributed by atoms with E-state index in [-0.39, 0.29) is 17.5 Å². The second-order valence-corrected chi connectivity index (χ2v) is 6.56. The van der Waals surface area contributed by atoms with Crippen LogP contribution in [0.25, 0.3) is 11.4 Å². The SMILES string of the molecule is CCc1ccccc1NC(=O)CSCc1nc(-c2cccc(F)c2)no1. The summed E-state index contributed by atoms with van der Waals surface area (Å²) in [6.07, 6.45) is 0.856. The average Bonchev–Trinajstić information content (AvgIpc) is 3.11. The highest BCUT2D eigenvalue weighted by Crippen LogP contribution is 2.20. The van der Waals surface area contributed by atoms with Crippen molar-refractivity contribution in [1.82, 2.24) is 10.1 Å². The van der Waals surface area contributed by atoms with E-state index in [1.807, 2.05) is 31.2 Å². The molecule has 5 nitrogen and oxygen atoms in total. The summed E-state index contributed by atoms with van der Waals surface area (Å²) in [6, 6.07) is 13.7. The lowest BCUT2D eigenvalue weighted by atomic mass is 10.1. The fourth-order valence-corrected chi connectivity index (χ4v) is 3.08. The van der Waals surface area contributed by atoms with Crippen molar-refractivity contribution >= 4 is 23.4 Å². The number of nitrogens with zero attached hydrogens (tertiary/aromatic N) is 2. The molecular weight excluding hydrogens is 353 g/mol. The van der Waals surface area contributed by atoms with Gasteiger partial charge in [-0.05, 0) is 30.2 Å². The number of thioether (sulfide) groups is 1. The molecule has 1 amide bonds. The smallest absolute Gasteiger partial charge is 0.236 e. The number of para-hydroxylation sites is 1. The number of hydrogen-bond acceptors (Lipinski definition) is 5. The molecule has 0 unspecified atom stereocenters. The molecule has 0 bridgehead atoms. The number of rotatable bonds is 7. The fourth-order valence-electron chi connectivity index (χ4n) is 2.43.